The Morgan fingerprint density at radius 1 is 1.25 bits per heavy atom. The first-order valence-electron chi connectivity index (χ1n) is 6.53. The van der Waals surface area contributed by atoms with E-state index < -0.39 is 11.5 Å². The Hall–Kier alpha value is -1.49. The summed E-state index contributed by atoms with van der Waals surface area (Å²) in [6, 6.07) is 10.1. The van der Waals surface area contributed by atoms with Crippen molar-refractivity contribution in [3.05, 3.63) is 35.9 Å². The number of aryl methyl sites for hydroxylation is 1. The first kappa shape index (κ1) is 16.6. The van der Waals surface area contributed by atoms with Crippen LogP contribution in [0.5, 0.6) is 0 Å². The summed E-state index contributed by atoms with van der Waals surface area (Å²) >= 11 is 1.56. The van der Waals surface area contributed by atoms with Gasteiger partial charge in [-0.1, -0.05) is 30.3 Å². The lowest BCUT2D eigenvalue weighted by molar-refractivity contribution is -0.138. The molecular formula is C15H21NO3S. The maximum absolute atomic E-state index is 11.7. The van der Waals surface area contributed by atoms with E-state index in [2.05, 4.69) is 17.4 Å². The Kier molecular flexibility index (Phi) is 6.58. The lowest BCUT2D eigenvalue weighted by Gasteiger charge is -2.24. The second kappa shape index (κ2) is 7.94. The normalized spacial score (nSPS) is 11.1. The Balaban J connectivity index is 2.22. The van der Waals surface area contributed by atoms with Crippen LogP contribution in [0.1, 0.15) is 25.8 Å². The monoisotopic (exact) mass is 295 g/mol. The number of hydrogen-bond acceptors (Lipinski definition) is 3. The Morgan fingerprint density at radius 2 is 1.90 bits per heavy atom. The number of carbonyl (C=O) groups excluding carboxylic acids is 1. The van der Waals surface area contributed by atoms with Crippen LogP contribution >= 0.6 is 11.8 Å². The SMILES string of the molecule is CC(C)(CC(=O)O)NC(=O)CSCCc1ccccc1. The van der Waals surface area contributed by atoms with Crippen molar-refractivity contribution in [2.24, 2.45) is 0 Å². The van der Waals surface area contributed by atoms with Crippen LogP contribution in [-0.4, -0.2) is 34.0 Å². The lowest BCUT2D eigenvalue weighted by atomic mass is 10.0. The van der Waals surface area contributed by atoms with Crippen molar-refractivity contribution in [3.63, 3.8) is 0 Å². The molecule has 1 rings (SSSR count). The summed E-state index contributed by atoms with van der Waals surface area (Å²) in [6.07, 6.45) is 0.852. The molecule has 0 aliphatic rings. The molecule has 5 heteroatoms. The molecule has 0 aliphatic carbocycles. The van der Waals surface area contributed by atoms with Crippen molar-refractivity contribution in [3.8, 4) is 0 Å². The minimum absolute atomic E-state index is 0.0760. The van der Waals surface area contributed by atoms with Crippen molar-refractivity contribution in [1.29, 1.82) is 0 Å². The third kappa shape index (κ3) is 7.19. The Bertz CT molecular complexity index is 446. The summed E-state index contributed by atoms with van der Waals surface area (Å²) in [6.45, 7) is 3.43. The minimum Gasteiger partial charge on any atom is -0.481 e. The number of hydrogen-bond donors (Lipinski definition) is 2. The van der Waals surface area contributed by atoms with E-state index in [-0.39, 0.29) is 12.3 Å². The molecular weight excluding hydrogens is 274 g/mol. The van der Waals surface area contributed by atoms with Crippen molar-refractivity contribution in [2.75, 3.05) is 11.5 Å². The number of carboxylic acid groups (broad SMARTS) is 1. The number of aliphatic carboxylic acids is 1. The molecule has 0 aromatic heterocycles. The number of carbonyl (C=O) groups is 2. The van der Waals surface area contributed by atoms with Gasteiger partial charge in [0.1, 0.15) is 0 Å². The summed E-state index contributed by atoms with van der Waals surface area (Å²) in [5.74, 6) is 0.202. The Morgan fingerprint density at radius 3 is 2.50 bits per heavy atom. The van der Waals surface area contributed by atoms with Crippen LogP contribution in [-0.2, 0) is 16.0 Å². The molecule has 1 amide bonds. The van der Waals surface area contributed by atoms with Gasteiger partial charge in [-0.15, -0.1) is 0 Å². The molecule has 20 heavy (non-hydrogen) atoms. The Labute approximate surface area is 124 Å². The van der Waals surface area contributed by atoms with Gasteiger partial charge in [-0.25, -0.2) is 0 Å². The number of amides is 1. The van der Waals surface area contributed by atoms with E-state index in [1.165, 1.54) is 5.56 Å². The first-order valence-corrected chi connectivity index (χ1v) is 7.69. The highest BCUT2D eigenvalue weighted by molar-refractivity contribution is 7.99. The van der Waals surface area contributed by atoms with E-state index in [0.29, 0.717) is 5.75 Å². The van der Waals surface area contributed by atoms with Gasteiger partial charge in [-0.3, -0.25) is 9.59 Å². The molecule has 0 fully saturated rings. The van der Waals surface area contributed by atoms with E-state index in [1.54, 1.807) is 25.6 Å². The highest BCUT2D eigenvalue weighted by Gasteiger charge is 2.23. The standard InChI is InChI=1S/C15H21NO3S/c1-15(2,10-14(18)19)16-13(17)11-20-9-8-12-6-4-3-5-7-12/h3-7H,8-11H2,1-2H3,(H,16,17)(H,18,19). The van der Waals surface area contributed by atoms with Crippen LogP contribution in [0.4, 0.5) is 0 Å². The van der Waals surface area contributed by atoms with Gasteiger partial charge in [0.05, 0.1) is 12.2 Å². The number of benzene rings is 1. The van der Waals surface area contributed by atoms with Crippen LogP contribution in [0.25, 0.3) is 0 Å². The lowest BCUT2D eigenvalue weighted by Crippen LogP contribution is -2.45. The smallest absolute Gasteiger partial charge is 0.305 e. The molecule has 2 N–H and O–H groups in total. The summed E-state index contributed by atoms with van der Waals surface area (Å²) in [5, 5.41) is 11.5. The quantitative estimate of drug-likeness (QED) is 0.722. The van der Waals surface area contributed by atoms with E-state index in [9.17, 15) is 9.59 Å². The molecule has 0 aliphatic heterocycles. The largest absolute Gasteiger partial charge is 0.481 e. The minimum atomic E-state index is -0.910. The zero-order chi connectivity index (χ0) is 15.0. The van der Waals surface area contributed by atoms with E-state index >= 15 is 0 Å². The zero-order valence-corrected chi connectivity index (χ0v) is 12.7. The topological polar surface area (TPSA) is 66.4 Å². The fraction of sp³-hybridized carbons (Fsp3) is 0.467. The van der Waals surface area contributed by atoms with E-state index in [0.717, 1.165) is 12.2 Å². The summed E-state index contributed by atoms with van der Waals surface area (Å²) < 4.78 is 0. The average Bonchev–Trinajstić information content (AvgIpc) is 2.33. The van der Waals surface area contributed by atoms with Gasteiger partial charge >= 0.3 is 5.97 Å². The molecule has 0 spiro atoms. The number of rotatable bonds is 8. The van der Waals surface area contributed by atoms with Crippen molar-refractivity contribution in [1.82, 2.24) is 5.32 Å². The molecule has 0 bridgehead atoms. The van der Waals surface area contributed by atoms with Gasteiger partial charge < -0.3 is 10.4 Å². The first-order chi connectivity index (χ1) is 9.39. The molecule has 1 aromatic rings. The third-order valence-electron chi connectivity index (χ3n) is 2.68. The second-order valence-corrected chi connectivity index (χ2v) is 6.40. The van der Waals surface area contributed by atoms with Crippen LogP contribution < -0.4 is 5.32 Å². The van der Waals surface area contributed by atoms with Gasteiger partial charge in [0, 0.05) is 5.54 Å². The molecule has 0 atom stereocenters. The molecule has 0 saturated heterocycles. The molecule has 4 nitrogen and oxygen atoms in total. The number of nitrogens with one attached hydrogen (secondary N) is 1. The van der Waals surface area contributed by atoms with E-state index in [1.807, 2.05) is 18.2 Å². The second-order valence-electron chi connectivity index (χ2n) is 5.29. The van der Waals surface area contributed by atoms with Gasteiger partial charge in [-0.2, -0.15) is 11.8 Å². The summed E-state index contributed by atoms with van der Waals surface area (Å²) in [5.41, 5.74) is 0.551. The average molecular weight is 295 g/mol. The van der Waals surface area contributed by atoms with Crippen molar-refractivity contribution in [2.45, 2.75) is 32.2 Å². The van der Waals surface area contributed by atoms with Crippen LogP contribution in [0, 0.1) is 0 Å². The van der Waals surface area contributed by atoms with E-state index in [4.69, 9.17) is 5.11 Å². The predicted molar refractivity (Wildman–Crippen MR) is 81.9 cm³/mol. The predicted octanol–water partition coefficient (Wildman–Crippen LogP) is 2.33. The van der Waals surface area contributed by atoms with Gasteiger partial charge in [0.15, 0.2) is 0 Å². The maximum atomic E-state index is 11.7. The molecule has 0 unspecified atom stereocenters. The van der Waals surface area contributed by atoms with Crippen molar-refractivity contribution < 1.29 is 14.7 Å². The fourth-order valence-corrected chi connectivity index (χ4v) is 2.62. The summed E-state index contributed by atoms with van der Waals surface area (Å²) in [4.78, 5) is 22.4. The molecule has 1 aromatic carbocycles. The molecule has 0 heterocycles. The highest BCUT2D eigenvalue weighted by Crippen LogP contribution is 2.10. The zero-order valence-electron chi connectivity index (χ0n) is 11.9. The van der Waals surface area contributed by atoms with Gasteiger partial charge in [0.25, 0.3) is 0 Å². The third-order valence-corrected chi connectivity index (χ3v) is 3.64. The number of thioether (sulfide) groups is 1. The van der Waals surface area contributed by atoms with Crippen molar-refractivity contribution >= 4 is 23.6 Å². The summed E-state index contributed by atoms with van der Waals surface area (Å²) in [7, 11) is 0. The van der Waals surface area contributed by atoms with Crippen LogP contribution in [0.15, 0.2) is 30.3 Å². The van der Waals surface area contributed by atoms with Gasteiger partial charge in [0.2, 0.25) is 5.91 Å². The molecule has 0 saturated carbocycles. The number of carboxylic acids is 1. The molecule has 110 valence electrons. The maximum Gasteiger partial charge on any atom is 0.305 e. The highest BCUT2D eigenvalue weighted by atomic mass is 32.2. The van der Waals surface area contributed by atoms with Crippen LogP contribution in [0.2, 0.25) is 0 Å². The van der Waals surface area contributed by atoms with Gasteiger partial charge in [-0.05, 0) is 31.6 Å². The van der Waals surface area contributed by atoms with Crippen LogP contribution in [0.3, 0.4) is 0 Å². The molecule has 0 radical (unpaired) electrons. The fourth-order valence-electron chi connectivity index (χ4n) is 1.84.